The Morgan fingerprint density at radius 2 is 1.82 bits per heavy atom. The van der Waals surface area contributed by atoms with Crippen molar-refractivity contribution in [2.24, 2.45) is 0 Å². The van der Waals surface area contributed by atoms with Crippen molar-refractivity contribution in [3.05, 3.63) is 24.3 Å². The lowest BCUT2D eigenvalue weighted by Gasteiger charge is -2.19. The fourth-order valence-electron chi connectivity index (χ4n) is 2.71. The van der Waals surface area contributed by atoms with Crippen LogP contribution in [-0.4, -0.2) is 43.3 Å². The lowest BCUT2D eigenvalue weighted by molar-refractivity contribution is 0.282. The van der Waals surface area contributed by atoms with Gasteiger partial charge in [0.05, 0.1) is 7.11 Å². The van der Waals surface area contributed by atoms with Crippen molar-refractivity contribution in [3.8, 4) is 5.75 Å². The SMILES string of the molecule is COc1ccc(NC(=S)NCCCN2CCCCCC2)cc1. The van der Waals surface area contributed by atoms with Crippen LogP contribution in [0.1, 0.15) is 32.1 Å². The molecule has 1 saturated heterocycles. The molecule has 2 rings (SSSR count). The van der Waals surface area contributed by atoms with Gasteiger partial charge in [0.1, 0.15) is 5.75 Å². The van der Waals surface area contributed by atoms with E-state index in [4.69, 9.17) is 17.0 Å². The van der Waals surface area contributed by atoms with E-state index < -0.39 is 0 Å². The summed E-state index contributed by atoms with van der Waals surface area (Å²) in [6, 6.07) is 7.77. The second-order valence-electron chi connectivity index (χ2n) is 5.72. The number of methoxy groups -OCH3 is 1. The second-order valence-corrected chi connectivity index (χ2v) is 6.13. The molecule has 4 nitrogen and oxygen atoms in total. The highest BCUT2D eigenvalue weighted by Crippen LogP contribution is 2.14. The molecule has 0 aromatic heterocycles. The molecule has 1 aliphatic heterocycles. The van der Waals surface area contributed by atoms with Crippen LogP contribution in [0, 0.1) is 0 Å². The fourth-order valence-corrected chi connectivity index (χ4v) is 2.93. The summed E-state index contributed by atoms with van der Waals surface area (Å²) in [5, 5.41) is 7.15. The van der Waals surface area contributed by atoms with Gasteiger partial charge in [-0.2, -0.15) is 0 Å². The van der Waals surface area contributed by atoms with Crippen LogP contribution in [-0.2, 0) is 0 Å². The summed E-state index contributed by atoms with van der Waals surface area (Å²) in [5.41, 5.74) is 0.978. The Morgan fingerprint density at radius 3 is 2.45 bits per heavy atom. The first-order valence-electron chi connectivity index (χ1n) is 8.19. The van der Waals surface area contributed by atoms with Gasteiger partial charge in [0.15, 0.2) is 5.11 Å². The van der Waals surface area contributed by atoms with Gasteiger partial charge in [-0.15, -0.1) is 0 Å². The summed E-state index contributed by atoms with van der Waals surface area (Å²) in [7, 11) is 1.67. The summed E-state index contributed by atoms with van der Waals surface area (Å²) in [4.78, 5) is 2.58. The Hall–Kier alpha value is -1.33. The summed E-state index contributed by atoms with van der Waals surface area (Å²) < 4.78 is 5.14. The van der Waals surface area contributed by atoms with Crippen LogP contribution in [0.2, 0.25) is 0 Å². The van der Waals surface area contributed by atoms with Gasteiger partial charge in [0.25, 0.3) is 0 Å². The molecular weight excluding hydrogens is 294 g/mol. The number of nitrogens with one attached hydrogen (secondary N) is 2. The summed E-state index contributed by atoms with van der Waals surface area (Å²) in [6.45, 7) is 4.60. The molecule has 122 valence electrons. The third-order valence-corrected chi connectivity index (χ3v) is 4.23. The molecule has 1 aromatic rings. The lowest BCUT2D eigenvalue weighted by Crippen LogP contribution is -2.32. The van der Waals surface area contributed by atoms with E-state index in [9.17, 15) is 0 Å². The number of benzene rings is 1. The van der Waals surface area contributed by atoms with Crippen LogP contribution in [0.4, 0.5) is 5.69 Å². The minimum Gasteiger partial charge on any atom is -0.497 e. The quantitative estimate of drug-likeness (QED) is 0.621. The molecule has 0 atom stereocenters. The first-order valence-corrected chi connectivity index (χ1v) is 8.60. The molecule has 1 fully saturated rings. The van der Waals surface area contributed by atoms with Gasteiger partial charge in [-0.25, -0.2) is 0 Å². The van der Waals surface area contributed by atoms with Crippen molar-refractivity contribution >= 4 is 23.0 Å². The topological polar surface area (TPSA) is 36.5 Å². The van der Waals surface area contributed by atoms with Gasteiger partial charge in [0, 0.05) is 12.2 Å². The number of nitrogens with zero attached hydrogens (tertiary/aromatic N) is 1. The van der Waals surface area contributed by atoms with E-state index in [2.05, 4.69) is 15.5 Å². The van der Waals surface area contributed by atoms with Crippen molar-refractivity contribution in [1.29, 1.82) is 0 Å². The molecule has 5 heteroatoms. The fraction of sp³-hybridized carbons (Fsp3) is 0.588. The van der Waals surface area contributed by atoms with Gasteiger partial charge in [-0.3, -0.25) is 0 Å². The molecule has 0 bridgehead atoms. The summed E-state index contributed by atoms with van der Waals surface area (Å²) >= 11 is 5.32. The van der Waals surface area contributed by atoms with Crippen LogP contribution in [0.25, 0.3) is 0 Å². The van der Waals surface area contributed by atoms with Crippen molar-refractivity contribution in [2.75, 3.05) is 38.6 Å². The van der Waals surface area contributed by atoms with Gasteiger partial charge in [0.2, 0.25) is 0 Å². The second kappa shape index (κ2) is 9.64. The molecule has 0 amide bonds. The summed E-state index contributed by atoms with van der Waals surface area (Å²) in [6.07, 6.45) is 6.62. The van der Waals surface area contributed by atoms with Gasteiger partial charge in [-0.05, 0) is 75.4 Å². The summed E-state index contributed by atoms with van der Waals surface area (Å²) in [5.74, 6) is 0.849. The molecule has 0 saturated carbocycles. The number of rotatable bonds is 6. The molecule has 1 heterocycles. The first-order chi connectivity index (χ1) is 10.8. The van der Waals surface area contributed by atoms with Crippen molar-refractivity contribution in [1.82, 2.24) is 10.2 Å². The van der Waals surface area contributed by atoms with E-state index in [1.165, 1.54) is 38.8 Å². The Morgan fingerprint density at radius 1 is 1.14 bits per heavy atom. The highest BCUT2D eigenvalue weighted by molar-refractivity contribution is 7.80. The Bertz CT molecular complexity index is 442. The van der Waals surface area contributed by atoms with E-state index in [0.717, 1.165) is 30.9 Å². The number of anilines is 1. The average Bonchev–Trinajstić information content (AvgIpc) is 2.81. The van der Waals surface area contributed by atoms with Gasteiger partial charge >= 0.3 is 0 Å². The molecule has 2 N–H and O–H groups in total. The minimum absolute atomic E-state index is 0.682. The zero-order valence-electron chi connectivity index (χ0n) is 13.4. The third kappa shape index (κ3) is 6.20. The third-order valence-electron chi connectivity index (χ3n) is 3.98. The maximum atomic E-state index is 5.32. The van der Waals surface area contributed by atoms with Crippen LogP contribution >= 0.6 is 12.2 Å². The van der Waals surface area contributed by atoms with E-state index >= 15 is 0 Å². The highest BCUT2D eigenvalue weighted by atomic mass is 32.1. The van der Waals surface area contributed by atoms with E-state index in [1.807, 2.05) is 24.3 Å². The maximum Gasteiger partial charge on any atom is 0.170 e. The predicted molar refractivity (Wildman–Crippen MR) is 96.7 cm³/mol. The largest absolute Gasteiger partial charge is 0.497 e. The lowest BCUT2D eigenvalue weighted by atomic mass is 10.2. The molecule has 0 aliphatic carbocycles. The highest BCUT2D eigenvalue weighted by Gasteiger charge is 2.08. The van der Waals surface area contributed by atoms with Gasteiger partial charge in [-0.1, -0.05) is 12.8 Å². The number of likely N-dealkylation sites (tertiary alicyclic amines) is 1. The Balaban J connectivity index is 1.60. The van der Waals surface area contributed by atoms with Crippen molar-refractivity contribution in [3.63, 3.8) is 0 Å². The number of hydrogen-bond donors (Lipinski definition) is 2. The zero-order valence-corrected chi connectivity index (χ0v) is 14.3. The Kier molecular flexibility index (Phi) is 7.46. The van der Waals surface area contributed by atoms with Crippen LogP contribution in [0.5, 0.6) is 5.75 Å². The average molecular weight is 321 g/mol. The molecule has 1 aliphatic rings. The number of thiocarbonyl (C=S) groups is 1. The van der Waals surface area contributed by atoms with Crippen LogP contribution in [0.15, 0.2) is 24.3 Å². The molecule has 0 radical (unpaired) electrons. The van der Waals surface area contributed by atoms with Gasteiger partial charge < -0.3 is 20.3 Å². The van der Waals surface area contributed by atoms with E-state index in [-0.39, 0.29) is 0 Å². The molecule has 0 unspecified atom stereocenters. The molecule has 22 heavy (non-hydrogen) atoms. The normalized spacial score (nSPS) is 15.9. The van der Waals surface area contributed by atoms with Crippen LogP contribution < -0.4 is 15.4 Å². The minimum atomic E-state index is 0.682. The smallest absolute Gasteiger partial charge is 0.170 e. The van der Waals surface area contributed by atoms with Crippen molar-refractivity contribution < 1.29 is 4.74 Å². The Labute approximate surface area is 139 Å². The first kappa shape index (κ1) is 17.0. The zero-order chi connectivity index (χ0) is 15.6. The number of ether oxygens (including phenoxy) is 1. The van der Waals surface area contributed by atoms with Crippen LogP contribution in [0.3, 0.4) is 0 Å². The molecule has 1 aromatic carbocycles. The van der Waals surface area contributed by atoms with Crippen molar-refractivity contribution in [2.45, 2.75) is 32.1 Å². The van der Waals surface area contributed by atoms with E-state index in [1.54, 1.807) is 7.11 Å². The van der Waals surface area contributed by atoms with E-state index in [0.29, 0.717) is 5.11 Å². The number of hydrogen-bond acceptors (Lipinski definition) is 3. The monoisotopic (exact) mass is 321 g/mol. The predicted octanol–water partition coefficient (Wildman–Crippen LogP) is 3.25. The molecular formula is C17H27N3OS. The maximum absolute atomic E-state index is 5.32. The molecule has 0 spiro atoms. The standard InChI is InChI=1S/C17H27N3OS/c1-21-16-9-7-15(8-10-16)19-17(22)18-11-6-14-20-12-4-2-3-5-13-20/h7-10H,2-6,11-14H2,1H3,(H2,18,19,22).